The summed E-state index contributed by atoms with van der Waals surface area (Å²) in [5.41, 5.74) is 7.75. The highest BCUT2D eigenvalue weighted by Gasteiger charge is 2.15. The molecule has 2 amide bonds. The number of nitrogens with zero attached hydrogens (tertiary/aromatic N) is 1. The maximum absolute atomic E-state index is 12.5. The maximum atomic E-state index is 12.5. The number of nitrogen functional groups attached to an aromatic ring is 1. The van der Waals surface area contributed by atoms with Crippen LogP contribution < -0.4 is 16.0 Å². The summed E-state index contributed by atoms with van der Waals surface area (Å²) in [5.74, 6) is 0. The molecule has 0 atom stereocenters. The number of nitrogens with two attached hydrogens (primary N) is 1. The van der Waals surface area contributed by atoms with Crippen molar-refractivity contribution in [3.8, 4) is 0 Å². The molecule has 21 heavy (non-hydrogen) atoms. The van der Waals surface area contributed by atoms with E-state index in [1.54, 1.807) is 29.2 Å². The van der Waals surface area contributed by atoms with Gasteiger partial charge < -0.3 is 11.1 Å². The van der Waals surface area contributed by atoms with E-state index >= 15 is 0 Å². The summed E-state index contributed by atoms with van der Waals surface area (Å²) in [6, 6.07) is 14.2. The average molecular weight is 304 g/mol. The molecule has 0 spiro atoms. The van der Waals surface area contributed by atoms with Gasteiger partial charge in [-0.2, -0.15) is 0 Å². The van der Waals surface area contributed by atoms with Gasteiger partial charge in [0.1, 0.15) is 0 Å². The third-order valence-electron chi connectivity index (χ3n) is 3.01. The first-order valence-corrected chi connectivity index (χ1v) is 7.18. The lowest BCUT2D eigenvalue weighted by atomic mass is 10.2. The second-order valence-corrected chi connectivity index (χ2v) is 5.06. The molecule has 3 N–H and O–H groups in total. The Morgan fingerprint density at radius 1 is 1.19 bits per heavy atom. The zero-order valence-corrected chi connectivity index (χ0v) is 12.6. The minimum Gasteiger partial charge on any atom is -0.399 e. The molecule has 2 rings (SSSR count). The summed E-state index contributed by atoms with van der Waals surface area (Å²) in [4.78, 5) is 14.1. The summed E-state index contributed by atoms with van der Waals surface area (Å²) < 4.78 is 0. The van der Waals surface area contributed by atoms with Crippen molar-refractivity contribution in [1.82, 2.24) is 0 Å². The van der Waals surface area contributed by atoms with Crippen molar-refractivity contribution in [2.24, 2.45) is 0 Å². The topological polar surface area (TPSA) is 58.4 Å². The van der Waals surface area contributed by atoms with E-state index in [4.69, 9.17) is 17.3 Å². The normalized spacial score (nSPS) is 10.2. The maximum Gasteiger partial charge on any atom is 0.326 e. The number of urea groups is 1. The first-order chi connectivity index (χ1) is 10.1. The molecule has 0 fully saturated rings. The van der Waals surface area contributed by atoms with Gasteiger partial charge in [0, 0.05) is 17.9 Å². The smallest absolute Gasteiger partial charge is 0.326 e. The number of nitrogens with one attached hydrogen (secondary N) is 1. The van der Waals surface area contributed by atoms with Crippen molar-refractivity contribution in [2.75, 3.05) is 22.5 Å². The van der Waals surface area contributed by atoms with Crippen molar-refractivity contribution in [1.29, 1.82) is 0 Å². The second kappa shape index (κ2) is 6.99. The van der Waals surface area contributed by atoms with Crippen molar-refractivity contribution in [2.45, 2.75) is 13.3 Å². The first kappa shape index (κ1) is 15.2. The van der Waals surface area contributed by atoms with Crippen molar-refractivity contribution in [3.63, 3.8) is 0 Å². The number of halogens is 1. The highest BCUT2D eigenvalue weighted by Crippen LogP contribution is 2.23. The fourth-order valence-electron chi connectivity index (χ4n) is 1.97. The average Bonchev–Trinajstić information content (AvgIpc) is 2.48. The number of benzene rings is 2. The number of para-hydroxylation sites is 1. The summed E-state index contributed by atoms with van der Waals surface area (Å²) in [5, 5.41) is 3.35. The Labute approximate surface area is 129 Å². The van der Waals surface area contributed by atoms with E-state index in [0.29, 0.717) is 22.9 Å². The number of rotatable bonds is 4. The SMILES string of the molecule is CCCN(C(=O)Nc1ccccc1Cl)c1ccc(N)cc1. The van der Waals surface area contributed by atoms with Gasteiger partial charge >= 0.3 is 6.03 Å². The minimum absolute atomic E-state index is 0.213. The van der Waals surface area contributed by atoms with Crippen molar-refractivity contribution >= 4 is 34.7 Å². The lowest BCUT2D eigenvalue weighted by Crippen LogP contribution is -2.35. The lowest BCUT2D eigenvalue weighted by Gasteiger charge is -2.23. The summed E-state index contributed by atoms with van der Waals surface area (Å²) in [6.45, 7) is 2.63. The first-order valence-electron chi connectivity index (χ1n) is 6.80. The summed E-state index contributed by atoms with van der Waals surface area (Å²) in [6.07, 6.45) is 0.848. The van der Waals surface area contributed by atoms with Crippen LogP contribution in [0, 0.1) is 0 Å². The number of carbonyl (C=O) groups excluding carboxylic acids is 1. The van der Waals surface area contributed by atoms with E-state index in [2.05, 4.69) is 5.32 Å². The van der Waals surface area contributed by atoms with Gasteiger partial charge in [0.25, 0.3) is 0 Å². The monoisotopic (exact) mass is 303 g/mol. The zero-order valence-electron chi connectivity index (χ0n) is 11.8. The lowest BCUT2D eigenvalue weighted by molar-refractivity contribution is 0.257. The molecule has 4 nitrogen and oxygen atoms in total. The third-order valence-corrected chi connectivity index (χ3v) is 3.34. The molecule has 2 aromatic carbocycles. The van der Waals surface area contributed by atoms with Crippen LogP contribution in [0.4, 0.5) is 21.9 Å². The van der Waals surface area contributed by atoms with Crippen LogP contribution >= 0.6 is 11.6 Å². The van der Waals surface area contributed by atoms with Crippen LogP contribution in [-0.4, -0.2) is 12.6 Å². The molecule has 110 valence electrons. The standard InChI is InChI=1S/C16H18ClN3O/c1-2-11-20(13-9-7-12(18)8-10-13)16(21)19-15-6-4-3-5-14(15)17/h3-10H,2,11,18H2,1H3,(H,19,21). The van der Waals surface area contributed by atoms with E-state index < -0.39 is 0 Å². The van der Waals surface area contributed by atoms with Crippen molar-refractivity contribution < 1.29 is 4.79 Å². The Kier molecular flexibility index (Phi) is 5.06. The molecule has 0 aliphatic heterocycles. The van der Waals surface area contributed by atoms with Crippen LogP contribution in [0.2, 0.25) is 5.02 Å². The van der Waals surface area contributed by atoms with E-state index in [-0.39, 0.29) is 6.03 Å². The molecule has 2 aromatic rings. The minimum atomic E-state index is -0.213. The molecule has 0 heterocycles. The number of carbonyl (C=O) groups is 1. The van der Waals surface area contributed by atoms with Gasteiger partial charge in [-0.05, 0) is 42.8 Å². The number of hydrogen-bond donors (Lipinski definition) is 2. The Morgan fingerprint density at radius 3 is 2.48 bits per heavy atom. The van der Waals surface area contributed by atoms with Gasteiger partial charge in [0.15, 0.2) is 0 Å². The zero-order chi connectivity index (χ0) is 15.2. The van der Waals surface area contributed by atoms with Gasteiger partial charge in [-0.15, -0.1) is 0 Å². The fourth-order valence-corrected chi connectivity index (χ4v) is 2.15. The van der Waals surface area contributed by atoms with Crippen molar-refractivity contribution in [3.05, 3.63) is 53.6 Å². The van der Waals surface area contributed by atoms with Crippen LogP contribution in [0.25, 0.3) is 0 Å². The number of anilines is 3. The fraction of sp³-hybridized carbons (Fsp3) is 0.188. The van der Waals surface area contributed by atoms with Crippen LogP contribution in [-0.2, 0) is 0 Å². The molecular formula is C16H18ClN3O. The predicted molar refractivity (Wildman–Crippen MR) is 89.0 cm³/mol. The Hall–Kier alpha value is -2.20. The van der Waals surface area contributed by atoms with Gasteiger partial charge in [-0.3, -0.25) is 4.90 Å². The van der Waals surface area contributed by atoms with Crippen LogP contribution in [0.15, 0.2) is 48.5 Å². The molecule has 0 radical (unpaired) electrons. The predicted octanol–water partition coefficient (Wildman–Crippen LogP) is 4.37. The van der Waals surface area contributed by atoms with E-state index in [1.165, 1.54) is 0 Å². The summed E-state index contributed by atoms with van der Waals surface area (Å²) in [7, 11) is 0. The van der Waals surface area contributed by atoms with E-state index in [1.807, 2.05) is 31.2 Å². The molecule has 5 heteroatoms. The molecule has 0 unspecified atom stereocenters. The molecule has 0 bridgehead atoms. The van der Waals surface area contributed by atoms with Crippen LogP contribution in [0.1, 0.15) is 13.3 Å². The molecule has 0 aliphatic rings. The van der Waals surface area contributed by atoms with E-state index in [0.717, 1.165) is 12.1 Å². The largest absolute Gasteiger partial charge is 0.399 e. The Balaban J connectivity index is 2.20. The summed E-state index contributed by atoms with van der Waals surface area (Å²) >= 11 is 6.07. The molecule has 0 aliphatic carbocycles. The molecule has 0 saturated heterocycles. The Morgan fingerprint density at radius 2 is 1.86 bits per heavy atom. The molecule has 0 saturated carbocycles. The Bertz CT molecular complexity index is 613. The molecule has 0 aromatic heterocycles. The number of hydrogen-bond acceptors (Lipinski definition) is 2. The third kappa shape index (κ3) is 3.89. The van der Waals surface area contributed by atoms with Gasteiger partial charge in [0.05, 0.1) is 10.7 Å². The number of amides is 2. The molecular weight excluding hydrogens is 286 g/mol. The van der Waals surface area contributed by atoms with Crippen LogP contribution in [0.3, 0.4) is 0 Å². The quantitative estimate of drug-likeness (QED) is 0.824. The van der Waals surface area contributed by atoms with E-state index in [9.17, 15) is 4.79 Å². The highest BCUT2D eigenvalue weighted by atomic mass is 35.5. The van der Waals surface area contributed by atoms with Crippen LogP contribution in [0.5, 0.6) is 0 Å². The highest BCUT2D eigenvalue weighted by molar-refractivity contribution is 6.33. The van der Waals surface area contributed by atoms with Gasteiger partial charge in [-0.25, -0.2) is 4.79 Å². The van der Waals surface area contributed by atoms with Gasteiger partial charge in [0.2, 0.25) is 0 Å². The van der Waals surface area contributed by atoms with Gasteiger partial charge in [-0.1, -0.05) is 30.7 Å². The second-order valence-electron chi connectivity index (χ2n) is 4.65.